The minimum Gasteiger partial charge on any atom is -0.326 e. The molecule has 0 aliphatic carbocycles. The third-order valence-corrected chi connectivity index (χ3v) is 6.82. The van der Waals surface area contributed by atoms with Crippen molar-refractivity contribution in [3.05, 3.63) is 65.2 Å². The second kappa shape index (κ2) is 8.23. The van der Waals surface area contributed by atoms with Gasteiger partial charge in [-0.1, -0.05) is 47.5 Å². The Labute approximate surface area is 161 Å². The molecule has 1 fully saturated rings. The Morgan fingerprint density at radius 2 is 1.70 bits per heavy atom. The van der Waals surface area contributed by atoms with Crippen LogP contribution in [-0.2, 0) is 20.6 Å². The van der Waals surface area contributed by atoms with Gasteiger partial charge in [0.25, 0.3) is 0 Å². The first-order valence-electron chi connectivity index (χ1n) is 9.24. The van der Waals surface area contributed by atoms with Gasteiger partial charge in [-0.15, -0.1) is 0 Å². The summed E-state index contributed by atoms with van der Waals surface area (Å²) >= 11 is 0. The van der Waals surface area contributed by atoms with Gasteiger partial charge >= 0.3 is 0 Å². The van der Waals surface area contributed by atoms with Crippen LogP contribution in [-0.4, -0.2) is 31.7 Å². The number of rotatable bonds is 5. The van der Waals surface area contributed by atoms with Gasteiger partial charge in [-0.3, -0.25) is 4.79 Å². The predicted molar refractivity (Wildman–Crippen MR) is 108 cm³/mol. The molecular formula is C21H26N2O3S. The zero-order valence-corrected chi connectivity index (χ0v) is 16.6. The standard InChI is InChI=1S/C21H26N2O3S/c1-16-6-8-20(9-7-16)22-21(24)19-10-12-23(13-11-19)27(25,26)15-18-5-3-4-17(2)14-18/h3-9,14,19H,10-13,15H2,1-2H3,(H,22,24). The number of hydrogen-bond donors (Lipinski definition) is 1. The summed E-state index contributed by atoms with van der Waals surface area (Å²) in [6.07, 6.45) is 1.09. The van der Waals surface area contributed by atoms with Crippen LogP contribution in [0.15, 0.2) is 48.5 Å². The van der Waals surface area contributed by atoms with Crippen LogP contribution in [0.25, 0.3) is 0 Å². The van der Waals surface area contributed by atoms with Crippen LogP contribution in [0, 0.1) is 19.8 Å². The maximum Gasteiger partial charge on any atom is 0.227 e. The van der Waals surface area contributed by atoms with E-state index in [0.717, 1.165) is 22.4 Å². The fraction of sp³-hybridized carbons (Fsp3) is 0.381. The summed E-state index contributed by atoms with van der Waals surface area (Å²) in [7, 11) is -3.36. The molecule has 1 heterocycles. The Hall–Kier alpha value is -2.18. The SMILES string of the molecule is Cc1ccc(NC(=O)C2CCN(S(=O)(=O)Cc3cccc(C)c3)CC2)cc1. The van der Waals surface area contributed by atoms with E-state index in [2.05, 4.69) is 5.32 Å². The van der Waals surface area contributed by atoms with Crippen molar-refractivity contribution in [2.45, 2.75) is 32.4 Å². The van der Waals surface area contributed by atoms with E-state index in [4.69, 9.17) is 0 Å². The number of carbonyl (C=O) groups is 1. The number of sulfonamides is 1. The van der Waals surface area contributed by atoms with Gasteiger partial charge < -0.3 is 5.32 Å². The van der Waals surface area contributed by atoms with E-state index in [9.17, 15) is 13.2 Å². The highest BCUT2D eigenvalue weighted by Gasteiger charge is 2.31. The maximum atomic E-state index is 12.7. The fourth-order valence-corrected chi connectivity index (χ4v) is 4.93. The largest absolute Gasteiger partial charge is 0.326 e. The zero-order valence-electron chi connectivity index (χ0n) is 15.8. The average Bonchev–Trinajstić information content (AvgIpc) is 2.63. The molecule has 1 aliphatic rings. The Kier molecular flexibility index (Phi) is 5.97. The van der Waals surface area contributed by atoms with Crippen molar-refractivity contribution in [1.82, 2.24) is 4.31 Å². The van der Waals surface area contributed by atoms with E-state index in [0.29, 0.717) is 25.9 Å². The van der Waals surface area contributed by atoms with Gasteiger partial charge in [0.05, 0.1) is 5.75 Å². The summed E-state index contributed by atoms with van der Waals surface area (Å²) in [5.74, 6) is -0.180. The molecule has 1 saturated heterocycles. The molecule has 6 heteroatoms. The number of benzene rings is 2. The number of amides is 1. The molecule has 0 radical (unpaired) electrons. The molecule has 27 heavy (non-hydrogen) atoms. The van der Waals surface area contributed by atoms with Crippen molar-refractivity contribution < 1.29 is 13.2 Å². The zero-order chi connectivity index (χ0) is 19.4. The number of carbonyl (C=O) groups excluding carboxylic acids is 1. The number of piperidine rings is 1. The molecular weight excluding hydrogens is 360 g/mol. The van der Waals surface area contributed by atoms with E-state index in [1.54, 1.807) is 0 Å². The number of aryl methyl sites for hydroxylation is 2. The fourth-order valence-electron chi connectivity index (χ4n) is 3.38. The van der Waals surface area contributed by atoms with Crippen LogP contribution in [0.5, 0.6) is 0 Å². The van der Waals surface area contributed by atoms with E-state index >= 15 is 0 Å². The van der Waals surface area contributed by atoms with Crippen LogP contribution in [0.3, 0.4) is 0 Å². The van der Waals surface area contributed by atoms with Crippen LogP contribution >= 0.6 is 0 Å². The van der Waals surface area contributed by atoms with Crippen LogP contribution in [0.4, 0.5) is 5.69 Å². The molecule has 0 aromatic heterocycles. The van der Waals surface area contributed by atoms with Gasteiger partial charge in [0.15, 0.2) is 0 Å². The van der Waals surface area contributed by atoms with Crippen molar-refractivity contribution in [2.24, 2.45) is 5.92 Å². The van der Waals surface area contributed by atoms with Crippen LogP contribution < -0.4 is 5.32 Å². The molecule has 144 valence electrons. The molecule has 2 aromatic carbocycles. The highest BCUT2D eigenvalue weighted by molar-refractivity contribution is 7.88. The molecule has 0 unspecified atom stereocenters. The lowest BCUT2D eigenvalue weighted by Gasteiger charge is -2.30. The summed E-state index contributed by atoms with van der Waals surface area (Å²) in [6, 6.07) is 15.2. The van der Waals surface area contributed by atoms with Crippen LogP contribution in [0.2, 0.25) is 0 Å². The first-order chi connectivity index (χ1) is 12.8. The van der Waals surface area contributed by atoms with Gasteiger partial charge in [-0.2, -0.15) is 0 Å². The summed E-state index contributed by atoms with van der Waals surface area (Å²) in [5.41, 5.74) is 3.77. The van der Waals surface area contributed by atoms with Gasteiger partial charge in [0, 0.05) is 24.7 Å². The molecule has 1 N–H and O–H groups in total. The third-order valence-electron chi connectivity index (χ3n) is 4.97. The third kappa shape index (κ3) is 5.17. The summed E-state index contributed by atoms with van der Waals surface area (Å²) in [6.45, 7) is 4.73. The van der Waals surface area contributed by atoms with E-state index in [1.807, 2.05) is 62.4 Å². The maximum absolute atomic E-state index is 12.7. The summed E-state index contributed by atoms with van der Waals surface area (Å²) in [4.78, 5) is 12.5. The smallest absolute Gasteiger partial charge is 0.227 e. The Bertz CT molecular complexity index is 899. The molecule has 3 rings (SSSR count). The van der Waals surface area contributed by atoms with Gasteiger partial charge in [-0.05, 0) is 44.4 Å². The lowest BCUT2D eigenvalue weighted by Crippen LogP contribution is -2.41. The number of anilines is 1. The molecule has 2 aromatic rings. The quantitative estimate of drug-likeness (QED) is 0.855. The number of nitrogens with zero attached hydrogens (tertiary/aromatic N) is 1. The van der Waals surface area contributed by atoms with Gasteiger partial charge in [0.2, 0.25) is 15.9 Å². The second-order valence-electron chi connectivity index (χ2n) is 7.27. The minimum atomic E-state index is -3.36. The van der Waals surface area contributed by atoms with Crippen molar-refractivity contribution in [3.8, 4) is 0 Å². The first kappa shape index (κ1) is 19.6. The second-order valence-corrected chi connectivity index (χ2v) is 9.24. The highest BCUT2D eigenvalue weighted by Crippen LogP contribution is 2.23. The predicted octanol–water partition coefficient (Wildman–Crippen LogP) is 3.48. The van der Waals surface area contributed by atoms with Gasteiger partial charge in [-0.25, -0.2) is 12.7 Å². The molecule has 1 amide bonds. The number of hydrogen-bond acceptors (Lipinski definition) is 3. The van der Waals surface area contributed by atoms with Crippen LogP contribution in [0.1, 0.15) is 29.5 Å². The minimum absolute atomic E-state index is 0.00884. The normalized spacial score (nSPS) is 16.2. The van der Waals surface area contributed by atoms with E-state index in [1.165, 1.54) is 4.31 Å². The van der Waals surface area contributed by atoms with Crippen molar-refractivity contribution in [1.29, 1.82) is 0 Å². The lowest BCUT2D eigenvalue weighted by molar-refractivity contribution is -0.120. The molecule has 1 aliphatic heterocycles. The van der Waals surface area contributed by atoms with Gasteiger partial charge in [0.1, 0.15) is 0 Å². The Balaban J connectivity index is 1.56. The monoisotopic (exact) mass is 386 g/mol. The Morgan fingerprint density at radius 3 is 2.33 bits per heavy atom. The van der Waals surface area contributed by atoms with E-state index < -0.39 is 10.0 Å². The summed E-state index contributed by atoms with van der Waals surface area (Å²) in [5, 5.41) is 2.93. The topological polar surface area (TPSA) is 66.5 Å². The van der Waals surface area contributed by atoms with Crippen molar-refractivity contribution in [3.63, 3.8) is 0 Å². The van der Waals surface area contributed by atoms with Crippen molar-refractivity contribution >= 4 is 21.6 Å². The highest BCUT2D eigenvalue weighted by atomic mass is 32.2. The molecule has 0 atom stereocenters. The first-order valence-corrected chi connectivity index (χ1v) is 10.9. The number of nitrogens with one attached hydrogen (secondary N) is 1. The lowest BCUT2D eigenvalue weighted by atomic mass is 9.97. The van der Waals surface area contributed by atoms with Crippen molar-refractivity contribution in [2.75, 3.05) is 18.4 Å². The van der Waals surface area contributed by atoms with E-state index in [-0.39, 0.29) is 17.6 Å². The Morgan fingerprint density at radius 1 is 1.04 bits per heavy atom. The summed E-state index contributed by atoms with van der Waals surface area (Å²) < 4.78 is 26.9. The average molecular weight is 387 g/mol. The molecule has 0 bridgehead atoms. The molecule has 0 saturated carbocycles. The molecule has 0 spiro atoms. The molecule has 5 nitrogen and oxygen atoms in total.